The van der Waals surface area contributed by atoms with Gasteiger partial charge in [0.05, 0.1) is 13.2 Å². The molecule has 0 bridgehead atoms. The van der Waals surface area contributed by atoms with Crippen LogP contribution in [0.5, 0.6) is 0 Å². The van der Waals surface area contributed by atoms with E-state index in [2.05, 4.69) is 5.32 Å². The summed E-state index contributed by atoms with van der Waals surface area (Å²) in [5.41, 5.74) is -0.702. The zero-order valence-electron chi connectivity index (χ0n) is 8.74. The van der Waals surface area contributed by atoms with Gasteiger partial charge in [-0.15, -0.1) is 0 Å². The maximum Gasteiger partial charge on any atom is 0.401 e. The third-order valence-electron chi connectivity index (χ3n) is 3.03. The van der Waals surface area contributed by atoms with Crippen molar-refractivity contribution in [3.8, 4) is 0 Å². The topological polar surface area (TPSA) is 32.3 Å². The molecule has 1 saturated carbocycles. The van der Waals surface area contributed by atoms with Gasteiger partial charge in [-0.3, -0.25) is 0 Å². The first-order chi connectivity index (χ1) is 6.97. The second kappa shape index (κ2) is 5.16. The molecule has 1 aliphatic carbocycles. The second-order valence-electron chi connectivity index (χ2n) is 4.32. The van der Waals surface area contributed by atoms with Crippen molar-refractivity contribution in [2.75, 3.05) is 13.2 Å². The maximum atomic E-state index is 12.1. The number of nitrogens with one attached hydrogen (secondary N) is 1. The van der Waals surface area contributed by atoms with Crippen molar-refractivity contribution in [3.63, 3.8) is 0 Å². The Labute approximate surface area is 87.9 Å². The van der Waals surface area contributed by atoms with E-state index in [0.717, 1.165) is 25.7 Å². The van der Waals surface area contributed by atoms with Crippen LogP contribution in [-0.4, -0.2) is 30.0 Å². The number of halogens is 3. The van der Waals surface area contributed by atoms with E-state index in [1.807, 2.05) is 0 Å². The molecule has 90 valence electrons. The fraction of sp³-hybridized carbons (Fsp3) is 1.00. The van der Waals surface area contributed by atoms with Crippen LogP contribution >= 0.6 is 0 Å². The third-order valence-corrected chi connectivity index (χ3v) is 3.03. The molecule has 5 heteroatoms. The van der Waals surface area contributed by atoms with Crippen molar-refractivity contribution < 1.29 is 18.3 Å². The summed E-state index contributed by atoms with van der Waals surface area (Å²) in [6.45, 7) is -1.21. The summed E-state index contributed by atoms with van der Waals surface area (Å²) in [7, 11) is 0. The molecule has 0 amide bonds. The van der Waals surface area contributed by atoms with Crippen molar-refractivity contribution >= 4 is 0 Å². The van der Waals surface area contributed by atoms with E-state index in [1.165, 1.54) is 0 Å². The maximum absolute atomic E-state index is 12.1. The Morgan fingerprint density at radius 3 is 2.00 bits per heavy atom. The van der Waals surface area contributed by atoms with Gasteiger partial charge in [0.25, 0.3) is 0 Å². The standard InChI is InChI=1S/C10H18F3NO/c11-10(12,13)7-14-9(8-15)5-3-1-2-4-6-9/h14-15H,1-8H2. The van der Waals surface area contributed by atoms with Crippen molar-refractivity contribution in [3.05, 3.63) is 0 Å². The third kappa shape index (κ3) is 4.38. The highest BCUT2D eigenvalue weighted by atomic mass is 19.4. The predicted molar refractivity (Wildman–Crippen MR) is 51.6 cm³/mol. The molecular formula is C10H18F3NO. The minimum atomic E-state index is -4.20. The average Bonchev–Trinajstić information content (AvgIpc) is 2.40. The van der Waals surface area contributed by atoms with E-state index >= 15 is 0 Å². The van der Waals surface area contributed by atoms with E-state index < -0.39 is 18.3 Å². The van der Waals surface area contributed by atoms with Crippen LogP contribution in [0.2, 0.25) is 0 Å². The summed E-state index contributed by atoms with van der Waals surface area (Å²) in [4.78, 5) is 0. The van der Waals surface area contributed by atoms with Gasteiger partial charge in [0.15, 0.2) is 0 Å². The van der Waals surface area contributed by atoms with Gasteiger partial charge in [-0.05, 0) is 12.8 Å². The fourth-order valence-electron chi connectivity index (χ4n) is 2.08. The Morgan fingerprint density at radius 1 is 1.07 bits per heavy atom. The Morgan fingerprint density at radius 2 is 1.60 bits per heavy atom. The molecule has 0 atom stereocenters. The smallest absolute Gasteiger partial charge is 0.394 e. The lowest BCUT2D eigenvalue weighted by atomic mass is 9.91. The molecule has 1 rings (SSSR count). The molecule has 0 heterocycles. The van der Waals surface area contributed by atoms with E-state index in [9.17, 15) is 18.3 Å². The van der Waals surface area contributed by atoms with Gasteiger partial charge in [0, 0.05) is 5.54 Å². The van der Waals surface area contributed by atoms with E-state index in [0.29, 0.717) is 12.8 Å². The lowest BCUT2D eigenvalue weighted by molar-refractivity contribution is -0.130. The fourth-order valence-corrected chi connectivity index (χ4v) is 2.08. The van der Waals surface area contributed by atoms with Crippen LogP contribution in [0.4, 0.5) is 13.2 Å². The van der Waals surface area contributed by atoms with Gasteiger partial charge >= 0.3 is 6.18 Å². The van der Waals surface area contributed by atoms with Crippen molar-refractivity contribution in [2.24, 2.45) is 0 Å². The molecular weight excluding hydrogens is 207 g/mol. The molecule has 2 N–H and O–H groups in total. The summed E-state index contributed by atoms with van der Waals surface area (Å²) in [6, 6.07) is 0. The van der Waals surface area contributed by atoms with E-state index in [1.54, 1.807) is 0 Å². The largest absolute Gasteiger partial charge is 0.401 e. The zero-order valence-corrected chi connectivity index (χ0v) is 8.74. The molecule has 0 aliphatic heterocycles. The molecule has 0 saturated heterocycles. The van der Waals surface area contributed by atoms with Crippen LogP contribution in [0, 0.1) is 0 Å². The molecule has 1 aliphatic rings. The van der Waals surface area contributed by atoms with Crippen LogP contribution < -0.4 is 5.32 Å². The summed E-state index contributed by atoms with van der Waals surface area (Å²) in [5, 5.41) is 11.7. The summed E-state index contributed by atoms with van der Waals surface area (Å²) < 4.78 is 36.2. The second-order valence-corrected chi connectivity index (χ2v) is 4.32. The first-order valence-electron chi connectivity index (χ1n) is 5.40. The van der Waals surface area contributed by atoms with Crippen LogP contribution in [0.15, 0.2) is 0 Å². The molecule has 0 unspecified atom stereocenters. The first-order valence-corrected chi connectivity index (χ1v) is 5.40. The molecule has 0 aromatic heterocycles. The quantitative estimate of drug-likeness (QED) is 0.722. The lowest BCUT2D eigenvalue weighted by Crippen LogP contribution is -2.51. The lowest BCUT2D eigenvalue weighted by Gasteiger charge is -2.32. The Balaban J connectivity index is 2.50. The molecule has 0 spiro atoms. The molecule has 2 nitrogen and oxygen atoms in total. The van der Waals surface area contributed by atoms with E-state index in [-0.39, 0.29) is 6.61 Å². The minimum Gasteiger partial charge on any atom is -0.394 e. The molecule has 0 radical (unpaired) electrons. The average molecular weight is 225 g/mol. The summed E-state index contributed by atoms with van der Waals surface area (Å²) in [6.07, 6.45) is 0.968. The van der Waals surface area contributed by atoms with Crippen LogP contribution in [0.1, 0.15) is 38.5 Å². The molecule has 0 aromatic carbocycles. The van der Waals surface area contributed by atoms with Crippen LogP contribution in [0.3, 0.4) is 0 Å². The molecule has 0 aromatic rings. The Kier molecular flexibility index (Phi) is 4.40. The Hall–Kier alpha value is -0.290. The highest BCUT2D eigenvalue weighted by molar-refractivity contribution is 4.89. The number of hydrogen-bond acceptors (Lipinski definition) is 2. The van der Waals surface area contributed by atoms with Gasteiger partial charge in [-0.2, -0.15) is 13.2 Å². The highest BCUT2D eigenvalue weighted by Gasteiger charge is 2.35. The number of aliphatic hydroxyl groups is 1. The van der Waals surface area contributed by atoms with Gasteiger partial charge in [0.1, 0.15) is 0 Å². The van der Waals surface area contributed by atoms with Crippen molar-refractivity contribution in [2.45, 2.75) is 50.2 Å². The monoisotopic (exact) mass is 225 g/mol. The van der Waals surface area contributed by atoms with Crippen LogP contribution in [-0.2, 0) is 0 Å². The number of rotatable bonds is 3. The van der Waals surface area contributed by atoms with Gasteiger partial charge in [-0.1, -0.05) is 25.7 Å². The number of aliphatic hydroxyl groups excluding tert-OH is 1. The number of hydrogen-bond donors (Lipinski definition) is 2. The molecule has 1 fully saturated rings. The first kappa shape index (κ1) is 12.8. The van der Waals surface area contributed by atoms with E-state index in [4.69, 9.17) is 0 Å². The predicted octanol–water partition coefficient (Wildman–Crippen LogP) is 2.22. The number of alkyl halides is 3. The Bertz CT molecular complexity index is 186. The summed E-state index contributed by atoms with van der Waals surface area (Å²) in [5.74, 6) is 0. The highest BCUT2D eigenvalue weighted by Crippen LogP contribution is 2.27. The zero-order chi connectivity index (χ0) is 11.4. The minimum absolute atomic E-state index is 0.205. The van der Waals surface area contributed by atoms with Crippen LogP contribution in [0.25, 0.3) is 0 Å². The van der Waals surface area contributed by atoms with Gasteiger partial charge < -0.3 is 10.4 Å². The molecule has 15 heavy (non-hydrogen) atoms. The van der Waals surface area contributed by atoms with Crippen molar-refractivity contribution in [1.29, 1.82) is 0 Å². The van der Waals surface area contributed by atoms with Crippen molar-refractivity contribution in [1.82, 2.24) is 5.32 Å². The summed E-state index contributed by atoms with van der Waals surface area (Å²) >= 11 is 0. The van der Waals surface area contributed by atoms with Gasteiger partial charge in [0.2, 0.25) is 0 Å². The SMILES string of the molecule is OCC1(NCC(F)(F)F)CCCCCC1. The normalized spacial score (nSPS) is 22.4. The van der Waals surface area contributed by atoms with Gasteiger partial charge in [-0.25, -0.2) is 0 Å².